The molecule has 2 heterocycles. The minimum Gasteiger partial charge on any atom is -0.497 e. The third-order valence-electron chi connectivity index (χ3n) is 6.26. The molecule has 1 saturated heterocycles. The molecule has 2 aliphatic heterocycles. The second-order valence-electron chi connectivity index (χ2n) is 9.13. The summed E-state index contributed by atoms with van der Waals surface area (Å²) >= 11 is 0. The van der Waals surface area contributed by atoms with Crippen molar-refractivity contribution < 1.29 is 14.3 Å². The second-order valence-corrected chi connectivity index (χ2v) is 9.13. The normalized spacial score (nSPS) is 20.8. The highest BCUT2D eigenvalue weighted by Gasteiger charge is 2.36. The van der Waals surface area contributed by atoms with E-state index in [4.69, 9.17) is 9.47 Å². The minimum atomic E-state index is -0.341. The van der Waals surface area contributed by atoms with Gasteiger partial charge in [0.05, 0.1) is 13.2 Å². The van der Waals surface area contributed by atoms with Crippen molar-refractivity contribution in [3.05, 3.63) is 53.6 Å². The molecule has 1 atom stereocenters. The molecular weight excluding hydrogens is 376 g/mol. The van der Waals surface area contributed by atoms with Gasteiger partial charge in [-0.3, -0.25) is 4.79 Å². The van der Waals surface area contributed by atoms with E-state index in [-0.39, 0.29) is 23.5 Å². The lowest BCUT2D eigenvalue weighted by atomic mass is 9.88. The molecule has 1 N–H and O–H groups in total. The third kappa shape index (κ3) is 4.40. The molecule has 0 spiro atoms. The number of nitrogens with one attached hydrogen (secondary N) is 1. The molecule has 0 bridgehead atoms. The first-order chi connectivity index (χ1) is 14.3. The van der Waals surface area contributed by atoms with Crippen LogP contribution in [0.2, 0.25) is 0 Å². The molecule has 2 aliphatic rings. The van der Waals surface area contributed by atoms with Gasteiger partial charge in [-0.2, -0.15) is 0 Å². The standard InChI is InChI=1S/C25H32N2O3/c1-17-5-7-19(8-6-17)27-13-11-18(12-14-27)24(28)26-22-16-25(2,3)30-23-15-20(29-4)9-10-21(22)23/h5-10,15,18,22H,11-14,16H2,1-4H3,(H,26,28)/t22-/m1/s1. The first kappa shape index (κ1) is 20.6. The van der Waals surface area contributed by atoms with Gasteiger partial charge in [0.1, 0.15) is 17.1 Å². The molecule has 1 fully saturated rings. The number of amides is 1. The van der Waals surface area contributed by atoms with Crippen LogP contribution >= 0.6 is 0 Å². The van der Waals surface area contributed by atoms with Crippen LogP contribution in [0, 0.1) is 12.8 Å². The molecule has 2 aromatic carbocycles. The maximum absolute atomic E-state index is 13.1. The quantitative estimate of drug-likeness (QED) is 0.801. The Kier molecular flexibility index (Phi) is 5.63. The lowest BCUT2D eigenvalue weighted by Gasteiger charge is -2.39. The predicted molar refractivity (Wildman–Crippen MR) is 119 cm³/mol. The minimum absolute atomic E-state index is 0.0442. The summed E-state index contributed by atoms with van der Waals surface area (Å²) in [6.45, 7) is 8.05. The number of rotatable bonds is 4. The lowest BCUT2D eigenvalue weighted by molar-refractivity contribution is -0.126. The maximum atomic E-state index is 13.1. The Morgan fingerprint density at radius 2 is 1.83 bits per heavy atom. The number of fused-ring (bicyclic) bond motifs is 1. The first-order valence-corrected chi connectivity index (χ1v) is 10.8. The number of carbonyl (C=O) groups is 1. The molecule has 4 rings (SSSR count). The number of benzene rings is 2. The highest BCUT2D eigenvalue weighted by molar-refractivity contribution is 5.79. The summed E-state index contributed by atoms with van der Waals surface area (Å²) < 4.78 is 11.5. The Balaban J connectivity index is 1.41. The van der Waals surface area contributed by atoms with Gasteiger partial charge in [-0.05, 0) is 57.9 Å². The largest absolute Gasteiger partial charge is 0.497 e. The van der Waals surface area contributed by atoms with Gasteiger partial charge in [0.2, 0.25) is 5.91 Å². The third-order valence-corrected chi connectivity index (χ3v) is 6.26. The van der Waals surface area contributed by atoms with Crippen molar-refractivity contribution >= 4 is 11.6 Å². The maximum Gasteiger partial charge on any atom is 0.223 e. The molecule has 0 saturated carbocycles. The van der Waals surface area contributed by atoms with Gasteiger partial charge in [0.15, 0.2) is 0 Å². The lowest BCUT2D eigenvalue weighted by Crippen LogP contribution is -2.45. The van der Waals surface area contributed by atoms with E-state index in [9.17, 15) is 4.79 Å². The van der Waals surface area contributed by atoms with E-state index in [1.807, 2.05) is 18.2 Å². The summed E-state index contributed by atoms with van der Waals surface area (Å²) in [6.07, 6.45) is 2.50. The summed E-state index contributed by atoms with van der Waals surface area (Å²) in [7, 11) is 1.65. The van der Waals surface area contributed by atoms with Crippen molar-refractivity contribution in [2.45, 2.75) is 51.7 Å². The summed E-state index contributed by atoms with van der Waals surface area (Å²) in [4.78, 5) is 15.5. The van der Waals surface area contributed by atoms with Crippen LogP contribution in [0.25, 0.3) is 0 Å². The Morgan fingerprint density at radius 1 is 1.13 bits per heavy atom. The van der Waals surface area contributed by atoms with E-state index >= 15 is 0 Å². The Bertz CT molecular complexity index is 899. The summed E-state index contributed by atoms with van der Waals surface area (Å²) in [5, 5.41) is 3.32. The summed E-state index contributed by atoms with van der Waals surface area (Å²) in [5.74, 6) is 1.77. The second kappa shape index (κ2) is 8.21. The number of anilines is 1. The number of hydrogen-bond acceptors (Lipinski definition) is 4. The number of hydrogen-bond donors (Lipinski definition) is 1. The monoisotopic (exact) mass is 408 g/mol. The molecule has 30 heavy (non-hydrogen) atoms. The predicted octanol–water partition coefficient (Wildman–Crippen LogP) is 4.64. The van der Waals surface area contributed by atoms with E-state index in [2.05, 4.69) is 55.3 Å². The van der Waals surface area contributed by atoms with Gasteiger partial charge < -0.3 is 19.7 Å². The fourth-order valence-corrected chi connectivity index (χ4v) is 4.53. The fraction of sp³-hybridized carbons (Fsp3) is 0.480. The fourth-order valence-electron chi connectivity index (χ4n) is 4.53. The van der Waals surface area contributed by atoms with Crippen molar-refractivity contribution in [1.29, 1.82) is 0 Å². The number of nitrogens with zero attached hydrogens (tertiary/aromatic N) is 1. The van der Waals surface area contributed by atoms with Crippen molar-refractivity contribution in [3.63, 3.8) is 0 Å². The average molecular weight is 409 g/mol. The zero-order valence-electron chi connectivity index (χ0n) is 18.4. The van der Waals surface area contributed by atoms with Crippen LogP contribution in [0.1, 0.15) is 50.3 Å². The molecular formula is C25H32N2O3. The number of carbonyl (C=O) groups excluding carboxylic acids is 1. The number of ether oxygens (including phenoxy) is 2. The van der Waals surface area contributed by atoms with Gasteiger partial charge >= 0.3 is 0 Å². The topological polar surface area (TPSA) is 50.8 Å². The van der Waals surface area contributed by atoms with Crippen LogP contribution in [0.15, 0.2) is 42.5 Å². The van der Waals surface area contributed by atoms with Crippen molar-refractivity contribution in [2.24, 2.45) is 5.92 Å². The Hall–Kier alpha value is -2.69. The van der Waals surface area contributed by atoms with E-state index in [0.717, 1.165) is 49.4 Å². The van der Waals surface area contributed by atoms with Crippen LogP contribution in [-0.4, -0.2) is 31.7 Å². The molecule has 0 aromatic heterocycles. The molecule has 1 amide bonds. The Morgan fingerprint density at radius 3 is 2.50 bits per heavy atom. The van der Waals surface area contributed by atoms with Crippen LogP contribution in [-0.2, 0) is 4.79 Å². The Labute approximate surface area is 179 Å². The van der Waals surface area contributed by atoms with Crippen LogP contribution in [0.5, 0.6) is 11.5 Å². The van der Waals surface area contributed by atoms with Crippen LogP contribution in [0.3, 0.4) is 0 Å². The van der Waals surface area contributed by atoms with Gasteiger partial charge in [0.25, 0.3) is 0 Å². The van der Waals surface area contributed by atoms with E-state index in [1.54, 1.807) is 7.11 Å². The zero-order chi connectivity index (χ0) is 21.3. The molecule has 160 valence electrons. The molecule has 5 heteroatoms. The van der Waals surface area contributed by atoms with Crippen LogP contribution < -0.4 is 19.7 Å². The van der Waals surface area contributed by atoms with Crippen molar-refractivity contribution in [1.82, 2.24) is 5.32 Å². The molecule has 5 nitrogen and oxygen atoms in total. The van der Waals surface area contributed by atoms with Crippen LogP contribution in [0.4, 0.5) is 5.69 Å². The van der Waals surface area contributed by atoms with Crippen molar-refractivity contribution in [2.75, 3.05) is 25.1 Å². The SMILES string of the molecule is COc1ccc2c(c1)OC(C)(C)C[C@H]2NC(=O)C1CCN(c2ccc(C)cc2)CC1. The highest BCUT2D eigenvalue weighted by Crippen LogP contribution is 2.41. The molecule has 0 aliphatic carbocycles. The van der Waals surface area contributed by atoms with E-state index < -0.39 is 0 Å². The number of methoxy groups -OCH3 is 1. The van der Waals surface area contributed by atoms with Crippen molar-refractivity contribution in [3.8, 4) is 11.5 Å². The van der Waals surface area contributed by atoms with E-state index in [0.29, 0.717) is 0 Å². The average Bonchev–Trinajstić information content (AvgIpc) is 2.73. The first-order valence-electron chi connectivity index (χ1n) is 10.8. The summed E-state index contributed by atoms with van der Waals surface area (Å²) in [6, 6.07) is 14.4. The smallest absolute Gasteiger partial charge is 0.223 e. The molecule has 0 radical (unpaired) electrons. The summed E-state index contributed by atoms with van der Waals surface area (Å²) in [5.41, 5.74) is 3.20. The van der Waals surface area contributed by atoms with Gasteiger partial charge in [0, 0.05) is 42.7 Å². The van der Waals surface area contributed by atoms with Gasteiger partial charge in [-0.15, -0.1) is 0 Å². The van der Waals surface area contributed by atoms with Gasteiger partial charge in [-0.1, -0.05) is 17.7 Å². The number of piperidine rings is 1. The highest BCUT2D eigenvalue weighted by atomic mass is 16.5. The van der Waals surface area contributed by atoms with Gasteiger partial charge in [-0.25, -0.2) is 0 Å². The molecule has 0 unspecified atom stereocenters. The zero-order valence-corrected chi connectivity index (χ0v) is 18.4. The molecule has 2 aromatic rings. The van der Waals surface area contributed by atoms with E-state index in [1.165, 1.54) is 11.3 Å². The number of aryl methyl sites for hydroxylation is 1.